The lowest BCUT2D eigenvalue weighted by Gasteiger charge is -2.27. The molecule has 2 rings (SSSR count). The predicted molar refractivity (Wildman–Crippen MR) is 72.7 cm³/mol. The molecule has 1 aliphatic rings. The molecule has 18 heavy (non-hydrogen) atoms. The molecule has 1 heterocycles. The Bertz CT molecular complexity index is 495. The quantitative estimate of drug-likeness (QED) is 0.643. The van der Waals surface area contributed by atoms with Gasteiger partial charge in [0.2, 0.25) is 5.91 Å². The Balaban J connectivity index is 2.52. The molecule has 1 amide bonds. The van der Waals surface area contributed by atoms with E-state index in [0.29, 0.717) is 24.6 Å². The summed E-state index contributed by atoms with van der Waals surface area (Å²) >= 11 is 0. The average molecular weight is 246 g/mol. The van der Waals surface area contributed by atoms with Gasteiger partial charge in [-0.15, -0.1) is 6.58 Å². The lowest BCUT2D eigenvalue weighted by Crippen LogP contribution is -2.42. The van der Waals surface area contributed by atoms with Crippen molar-refractivity contribution in [1.29, 1.82) is 0 Å². The molecular weight excluding hydrogens is 228 g/mol. The number of amides is 1. The number of nitrogens with zero attached hydrogens (tertiary/aromatic N) is 1. The smallest absolute Gasteiger partial charge is 0.236 e. The van der Waals surface area contributed by atoms with Crippen LogP contribution in [0, 0.1) is 5.41 Å². The van der Waals surface area contributed by atoms with Crippen molar-refractivity contribution >= 4 is 17.3 Å². The highest BCUT2D eigenvalue weighted by Gasteiger charge is 2.37. The summed E-state index contributed by atoms with van der Waals surface area (Å²) in [5.74, 6) is 0.682. The standard InChI is InChI=1S/C14H18N2O2/c1-4-7-16-11-6-5-10(15)8-12(11)18-9-14(2,3)13(16)17/h4-6,8H,1,7,9,15H2,2-3H3. The van der Waals surface area contributed by atoms with Gasteiger partial charge in [0.25, 0.3) is 0 Å². The van der Waals surface area contributed by atoms with Crippen molar-refractivity contribution < 1.29 is 9.53 Å². The minimum atomic E-state index is -0.559. The Morgan fingerprint density at radius 1 is 1.56 bits per heavy atom. The average Bonchev–Trinajstić information content (AvgIpc) is 2.41. The lowest BCUT2D eigenvalue weighted by molar-refractivity contribution is -0.127. The zero-order valence-electron chi connectivity index (χ0n) is 10.8. The van der Waals surface area contributed by atoms with Crippen molar-refractivity contribution in [3.63, 3.8) is 0 Å². The molecule has 0 saturated carbocycles. The van der Waals surface area contributed by atoms with Crippen LogP contribution in [0.5, 0.6) is 5.75 Å². The molecule has 2 N–H and O–H groups in total. The van der Waals surface area contributed by atoms with Crippen LogP contribution in [-0.2, 0) is 4.79 Å². The second-order valence-electron chi connectivity index (χ2n) is 5.10. The van der Waals surface area contributed by atoms with Crippen molar-refractivity contribution in [1.82, 2.24) is 0 Å². The molecule has 1 aliphatic heterocycles. The van der Waals surface area contributed by atoms with Crippen LogP contribution in [0.15, 0.2) is 30.9 Å². The third-order valence-corrected chi connectivity index (χ3v) is 3.00. The molecule has 4 heteroatoms. The number of benzene rings is 1. The fourth-order valence-electron chi connectivity index (χ4n) is 1.97. The molecule has 0 radical (unpaired) electrons. The molecule has 0 fully saturated rings. The van der Waals surface area contributed by atoms with Crippen LogP contribution in [-0.4, -0.2) is 19.1 Å². The van der Waals surface area contributed by atoms with Gasteiger partial charge in [0.05, 0.1) is 11.1 Å². The van der Waals surface area contributed by atoms with Gasteiger partial charge >= 0.3 is 0 Å². The summed E-state index contributed by atoms with van der Waals surface area (Å²) in [6.45, 7) is 8.25. The van der Waals surface area contributed by atoms with Gasteiger partial charge in [-0.25, -0.2) is 0 Å². The summed E-state index contributed by atoms with van der Waals surface area (Å²) in [6, 6.07) is 5.33. The van der Waals surface area contributed by atoms with Crippen LogP contribution in [0.3, 0.4) is 0 Å². The second-order valence-corrected chi connectivity index (χ2v) is 5.10. The highest BCUT2D eigenvalue weighted by Crippen LogP contribution is 2.37. The molecule has 4 nitrogen and oxygen atoms in total. The zero-order valence-corrected chi connectivity index (χ0v) is 10.8. The van der Waals surface area contributed by atoms with Crippen molar-refractivity contribution in [3.05, 3.63) is 30.9 Å². The first-order valence-corrected chi connectivity index (χ1v) is 5.91. The number of nitrogen functional groups attached to an aromatic ring is 1. The first-order valence-electron chi connectivity index (χ1n) is 5.91. The second kappa shape index (κ2) is 4.37. The van der Waals surface area contributed by atoms with E-state index in [-0.39, 0.29) is 5.91 Å². The van der Waals surface area contributed by atoms with E-state index in [4.69, 9.17) is 10.5 Å². The van der Waals surface area contributed by atoms with Crippen LogP contribution in [0.25, 0.3) is 0 Å². The SMILES string of the molecule is C=CCN1C(=O)C(C)(C)COc2cc(N)ccc21. The summed E-state index contributed by atoms with van der Waals surface area (Å²) in [5.41, 5.74) is 6.57. The maximum Gasteiger partial charge on any atom is 0.236 e. The number of ether oxygens (including phenoxy) is 1. The highest BCUT2D eigenvalue weighted by molar-refractivity contribution is 5.99. The molecule has 0 saturated heterocycles. The number of fused-ring (bicyclic) bond motifs is 1. The molecule has 0 spiro atoms. The number of hydrogen-bond donors (Lipinski definition) is 1. The van der Waals surface area contributed by atoms with E-state index in [1.807, 2.05) is 19.9 Å². The Labute approximate surface area is 107 Å². The Morgan fingerprint density at radius 3 is 2.94 bits per heavy atom. The van der Waals surface area contributed by atoms with Gasteiger partial charge in [0.15, 0.2) is 0 Å². The van der Waals surface area contributed by atoms with Gasteiger partial charge in [-0.1, -0.05) is 6.08 Å². The summed E-state index contributed by atoms with van der Waals surface area (Å²) in [6.07, 6.45) is 1.71. The minimum absolute atomic E-state index is 0.0333. The maximum atomic E-state index is 12.5. The normalized spacial score (nSPS) is 17.7. The minimum Gasteiger partial charge on any atom is -0.490 e. The molecule has 96 valence electrons. The topological polar surface area (TPSA) is 55.6 Å². The van der Waals surface area contributed by atoms with Crippen molar-refractivity contribution in [2.75, 3.05) is 23.8 Å². The van der Waals surface area contributed by atoms with Crippen molar-refractivity contribution in [2.24, 2.45) is 5.41 Å². The van der Waals surface area contributed by atoms with Crippen LogP contribution in [0.1, 0.15) is 13.8 Å². The third kappa shape index (κ3) is 2.06. The van der Waals surface area contributed by atoms with Gasteiger partial charge in [0, 0.05) is 18.3 Å². The van der Waals surface area contributed by atoms with E-state index in [9.17, 15) is 4.79 Å². The molecule has 0 unspecified atom stereocenters. The van der Waals surface area contributed by atoms with Gasteiger partial charge in [-0.05, 0) is 26.0 Å². The lowest BCUT2D eigenvalue weighted by atomic mass is 9.93. The van der Waals surface area contributed by atoms with E-state index in [0.717, 1.165) is 5.69 Å². The van der Waals surface area contributed by atoms with Gasteiger partial charge in [-0.2, -0.15) is 0 Å². The molecule has 0 atom stereocenters. The third-order valence-electron chi connectivity index (χ3n) is 3.00. The number of carbonyl (C=O) groups excluding carboxylic acids is 1. The van der Waals surface area contributed by atoms with Crippen LogP contribution < -0.4 is 15.4 Å². The van der Waals surface area contributed by atoms with Gasteiger partial charge < -0.3 is 15.4 Å². The fourth-order valence-corrected chi connectivity index (χ4v) is 1.97. The molecular formula is C14H18N2O2. The van der Waals surface area contributed by atoms with Gasteiger partial charge in [0.1, 0.15) is 12.4 Å². The largest absolute Gasteiger partial charge is 0.490 e. The number of hydrogen-bond acceptors (Lipinski definition) is 3. The highest BCUT2D eigenvalue weighted by atomic mass is 16.5. The number of carbonyl (C=O) groups is 1. The van der Waals surface area contributed by atoms with E-state index in [2.05, 4.69) is 6.58 Å². The number of rotatable bonds is 2. The fraction of sp³-hybridized carbons (Fsp3) is 0.357. The monoisotopic (exact) mass is 246 g/mol. The molecule has 1 aromatic rings. The van der Waals surface area contributed by atoms with E-state index in [1.165, 1.54) is 0 Å². The molecule has 0 bridgehead atoms. The van der Waals surface area contributed by atoms with E-state index in [1.54, 1.807) is 23.1 Å². The summed E-state index contributed by atoms with van der Waals surface area (Å²) in [4.78, 5) is 14.2. The van der Waals surface area contributed by atoms with Crippen LogP contribution >= 0.6 is 0 Å². The molecule has 0 aliphatic carbocycles. The maximum absolute atomic E-state index is 12.5. The Hall–Kier alpha value is -1.97. The predicted octanol–water partition coefficient (Wildman–Crippen LogP) is 2.21. The van der Waals surface area contributed by atoms with Crippen molar-refractivity contribution in [3.8, 4) is 5.75 Å². The summed E-state index contributed by atoms with van der Waals surface area (Å²) in [7, 11) is 0. The van der Waals surface area contributed by atoms with E-state index < -0.39 is 5.41 Å². The number of nitrogens with two attached hydrogens (primary N) is 1. The van der Waals surface area contributed by atoms with E-state index >= 15 is 0 Å². The molecule has 0 aromatic heterocycles. The first kappa shape index (κ1) is 12.5. The Morgan fingerprint density at radius 2 is 2.28 bits per heavy atom. The zero-order chi connectivity index (χ0) is 13.3. The van der Waals surface area contributed by atoms with Crippen LogP contribution in [0.4, 0.5) is 11.4 Å². The molecule has 1 aromatic carbocycles. The summed E-state index contributed by atoms with van der Waals surface area (Å²) in [5, 5.41) is 0. The van der Waals surface area contributed by atoms with Crippen LogP contribution in [0.2, 0.25) is 0 Å². The first-order chi connectivity index (χ1) is 8.45. The van der Waals surface area contributed by atoms with Crippen molar-refractivity contribution in [2.45, 2.75) is 13.8 Å². The number of anilines is 2. The summed E-state index contributed by atoms with van der Waals surface area (Å²) < 4.78 is 5.71. The Kier molecular flexibility index (Phi) is 3.03. The van der Waals surface area contributed by atoms with Gasteiger partial charge in [-0.3, -0.25) is 4.79 Å².